The number of nitrogens with zero attached hydrogens (tertiary/aromatic N) is 1. The van der Waals surface area contributed by atoms with E-state index in [4.69, 9.17) is 9.47 Å². The van der Waals surface area contributed by atoms with E-state index in [1.54, 1.807) is 18.2 Å². The average Bonchev–Trinajstić information content (AvgIpc) is 3.15. The van der Waals surface area contributed by atoms with Crippen molar-refractivity contribution in [3.8, 4) is 5.75 Å². The highest BCUT2D eigenvalue weighted by molar-refractivity contribution is 7.89. The van der Waals surface area contributed by atoms with E-state index >= 15 is 0 Å². The molecule has 2 aromatic carbocycles. The van der Waals surface area contributed by atoms with Crippen LogP contribution in [0.1, 0.15) is 41.8 Å². The molecule has 1 aliphatic heterocycles. The number of sulfonamides is 1. The summed E-state index contributed by atoms with van der Waals surface area (Å²) >= 11 is 0. The minimum absolute atomic E-state index is 0.0854. The van der Waals surface area contributed by atoms with E-state index in [1.807, 2.05) is 26.0 Å². The van der Waals surface area contributed by atoms with Crippen LogP contribution in [-0.4, -0.2) is 44.0 Å². The van der Waals surface area contributed by atoms with Crippen molar-refractivity contribution < 1.29 is 22.7 Å². The minimum Gasteiger partial charge on any atom is -0.423 e. The Kier molecular flexibility index (Phi) is 5.46. The first-order chi connectivity index (χ1) is 13.8. The summed E-state index contributed by atoms with van der Waals surface area (Å²) in [5.74, 6) is -0.0801. The second-order valence-electron chi connectivity index (χ2n) is 7.78. The van der Waals surface area contributed by atoms with Crippen molar-refractivity contribution in [3.63, 3.8) is 0 Å². The summed E-state index contributed by atoms with van der Waals surface area (Å²) in [5, 5.41) is 0. The van der Waals surface area contributed by atoms with Crippen molar-refractivity contribution >= 4 is 16.0 Å². The Morgan fingerprint density at radius 1 is 1.03 bits per heavy atom. The lowest BCUT2D eigenvalue weighted by Gasteiger charge is -2.34. The number of carbonyl (C=O) groups excluding carboxylic acids is 1. The van der Waals surface area contributed by atoms with Gasteiger partial charge in [-0.15, -0.1) is 0 Å². The third kappa shape index (κ3) is 4.22. The molecule has 0 N–H and O–H groups in total. The Balaban J connectivity index is 1.54. The zero-order valence-corrected chi connectivity index (χ0v) is 17.4. The molecule has 2 aliphatic rings. The fourth-order valence-corrected chi connectivity index (χ4v) is 5.67. The predicted molar refractivity (Wildman–Crippen MR) is 109 cm³/mol. The lowest BCUT2D eigenvalue weighted by Crippen LogP contribution is -2.48. The van der Waals surface area contributed by atoms with Gasteiger partial charge in [-0.05, 0) is 74.6 Å². The van der Waals surface area contributed by atoms with E-state index in [1.165, 1.54) is 27.6 Å². The molecular weight excluding hydrogens is 390 g/mol. The van der Waals surface area contributed by atoms with Crippen LogP contribution in [-0.2, 0) is 27.6 Å². The second-order valence-corrected chi connectivity index (χ2v) is 9.72. The highest BCUT2D eigenvalue weighted by atomic mass is 32.2. The zero-order valence-electron chi connectivity index (χ0n) is 16.6. The van der Waals surface area contributed by atoms with Crippen molar-refractivity contribution in [2.75, 3.05) is 13.1 Å². The van der Waals surface area contributed by atoms with Crippen molar-refractivity contribution in [2.45, 2.75) is 50.2 Å². The lowest BCUT2D eigenvalue weighted by molar-refractivity contribution is -0.0440. The fourth-order valence-electron chi connectivity index (χ4n) is 4.04. The number of ether oxygens (including phenoxy) is 2. The molecule has 0 unspecified atom stereocenters. The number of rotatable bonds is 4. The van der Waals surface area contributed by atoms with Crippen LogP contribution in [0.25, 0.3) is 0 Å². The maximum Gasteiger partial charge on any atom is 0.343 e. The Morgan fingerprint density at radius 2 is 1.76 bits per heavy atom. The zero-order chi connectivity index (χ0) is 20.6. The monoisotopic (exact) mass is 415 g/mol. The van der Waals surface area contributed by atoms with Crippen molar-refractivity contribution in [1.29, 1.82) is 0 Å². The molecule has 0 radical (unpaired) electrons. The van der Waals surface area contributed by atoms with Crippen LogP contribution in [0.4, 0.5) is 0 Å². The van der Waals surface area contributed by atoms with Crippen LogP contribution in [0.3, 0.4) is 0 Å². The van der Waals surface area contributed by atoms with Crippen LogP contribution >= 0.6 is 0 Å². The van der Waals surface area contributed by atoms with E-state index in [9.17, 15) is 13.2 Å². The summed E-state index contributed by atoms with van der Waals surface area (Å²) in [5.41, 5.74) is 2.72. The molecule has 1 aliphatic carbocycles. The Hall–Kier alpha value is -2.22. The van der Waals surface area contributed by atoms with E-state index < -0.39 is 16.0 Å². The van der Waals surface area contributed by atoms with E-state index in [2.05, 4.69) is 0 Å². The van der Waals surface area contributed by atoms with Gasteiger partial charge in [0, 0.05) is 13.1 Å². The third-order valence-electron chi connectivity index (χ3n) is 5.37. The van der Waals surface area contributed by atoms with Crippen LogP contribution in [0.2, 0.25) is 0 Å². The lowest BCUT2D eigenvalue weighted by atomic mass is 10.1. The maximum atomic E-state index is 13.1. The molecule has 6 nitrogen and oxygen atoms in total. The van der Waals surface area contributed by atoms with Gasteiger partial charge in [0.1, 0.15) is 5.75 Å². The molecule has 0 saturated carbocycles. The smallest absolute Gasteiger partial charge is 0.343 e. The van der Waals surface area contributed by atoms with Gasteiger partial charge in [0.2, 0.25) is 10.0 Å². The summed E-state index contributed by atoms with van der Waals surface area (Å²) < 4.78 is 38.7. The van der Waals surface area contributed by atoms with Gasteiger partial charge in [-0.3, -0.25) is 0 Å². The predicted octanol–water partition coefficient (Wildman–Crippen LogP) is 3.19. The molecule has 1 heterocycles. The van der Waals surface area contributed by atoms with Gasteiger partial charge in [-0.25, -0.2) is 13.2 Å². The molecule has 0 bridgehead atoms. The molecule has 1 fully saturated rings. The normalized spacial score (nSPS) is 22.3. The molecular formula is C22H25NO5S. The van der Waals surface area contributed by atoms with Crippen molar-refractivity contribution in [2.24, 2.45) is 0 Å². The molecule has 29 heavy (non-hydrogen) atoms. The van der Waals surface area contributed by atoms with Crippen molar-refractivity contribution in [1.82, 2.24) is 4.31 Å². The van der Waals surface area contributed by atoms with E-state index in [-0.39, 0.29) is 35.8 Å². The number of fused-ring (bicyclic) bond motifs is 1. The summed E-state index contributed by atoms with van der Waals surface area (Å²) in [6.07, 6.45) is 2.81. The van der Waals surface area contributed by atoms with Gasteiger partial charge in [-0.1, -0.05) is 12.1 Å². The minimum atomic E-state index is -3.72. The quantitative estimate of drug-likeness (QED) is 0.566. The molecule has 7 heteroatoms. The molecule has 0 aromatic heterocycles. The third-order valence-corrected chi connectivity index (χ3v) is 7.20. The average molecular weight is 416 g/mol. The van der Waals surface area contributed by atoms with Crippen LogP contribution < -0.4 is 4.74 Å². The summed E-state index contributed by atoms with van der Waals surface area (Å²) in [6, 6.07) is 11.7. The molecule has 0 amide bonds. The van der Waals surface area contributed by atoms with Crippen LogP contribution in [0.15, 0.2) is 47.4 Å². The summed E-state index contributed by atoms with van der Waals surface area (Å²) in [6.45, 7) is 4.28. The van der Waals surface area contributed by atoms with Gasteiger partial charge in [-0.2, -0.15) is 4.31 Å². The topological polar surface area (TPSA) is 72.9 Å². The van der Waals surface area contributed by atoms with Crippen LogP contribution in [0.5, 0.6) is 5.75 Å². The number of esters is 1. The molecule has 0 spiro atoms. The molecule has 4 rings (SSSR count). The highest BCUT2D eigenvalue weighted by Gasteiger charge is 2.32. The maximum absolute atomic E-state index is 13.1. The first-order valence-corrected chi connectivity index (χ1v) is 11.4. The number of hydrogen-bond acceptors (Lipinski definition) is 5. The van der Waals surface area contributed by atoms with Gasteiger partial charge in [0.15, 0.2) is 0 Å². The van der Waals surface area contributed by atoms with Gasteiger partial charge >= 0.3 is 5.97 Å². The SMILES string of the molecule is C[C@@H]1CN(S(=O)(=O)c2cccc(C(=O)Oc3ccc4c(c3)CCC4)c2)C[C@@H](C)O1. The number of benzene rings is 2. The number of carbonyl (C=O) groups is 1. The fraction of sp³-hybridized carbons (Fsp3) is 0.409. The van der Waals surface area contributed by atoms with Gasteiger partial charge in [0.05, 0.1) is 22.7 Å². The molecule has 1 saturated heterocycles. The standard InChI is InChI=1S/C22H25NO5S/c1-15-13-23(14-16(2)27-15)29(25,26)21-8-4-7-19(12-21)22(24)28-20-10-9-17-5-3-6-18(17)11-20/h4,7-12,15-16H,3,5-6,13-14H2,1-2H3/t15-,16-/m1/s1. The number of hydrogen-bond donors (Lipinski definition) is 0. The number of aryl methyl sites for hydroxylation is 2. The first kappa shape index (κ1) is 20.1. The molecule has 2 atom stereocenters. The van der Waals surface area contributed by atoms with Crippen molar-refractivity contribution in [3.05, 3.63) is 59.2 Å². The molecule has 2 aromatic rings. The highest BCUT2D eigenvalue weighted by Crippen LogP contribution is 2.27. The Labute approximate surface area is 171 Å². The molecule has 154 valence electrons. The first-order valence-electron chi connectivity index (χ1n) is 9.92. The number of morpholine rings is 1. The largest absolute Gasteiger partial charge is 0.423 e. The second kappa shape index (κ2) is 7.89. The van der Waals surface area contributed by atoms with E-state index in [0.717, 1.165) is 19.3 Å². The van der Waals surface area contributed by atoms with Gasteiger partial charge in [0.25, 0.3) is 0 Å². The summed E-state index contributed by atoms with van der Waals surface area (Å²) in [7, 11) is -3.72. The summed E-state index contributed by atoms with van der Waals surface area (Å²) in [4.78, 5) is 12.7. The van der Waals surface area contributed by atoms with Crippen LogP contribution in [0, 0.1) is 0 Å². The van der Waals surface area contributed by atoms with Gasteiger partial charge < -0.3 is 9.47 Å². The Morgan fingerprint density at radius 3 is 2.52 bits per heavy atom. The van der Waals surface area contributed by atoms with E-state index in [0.29, 0.717) is 5.75 Å². The Bertz CT molecular complexity index is 1020.